The van der Waals surface area contributed by atoms with Crippen molar-refractivity contribution >= 4 is 44.8 Å². The summed E-state index contributed by atoms with van der Waals surface area (Å²) in [7, 11) is 0. The fourth-order valence-corrected chi connectivity index (χ4v) is 3.01. The van der Waals surface area contributed by atoms with Crippen molar-refractivity contribution in [2.45, 2.75) is 13.5 Å². The maximum Gasteiger partial charge on any atom is 0.262 e. The molecule has 144 valence electrons. The molecule has 28 heavy (non-hydrogen) atoms. The van der Waals surface area contributed by atoms with Crippen LogP contribution in [0.4, 0.5) is 11.4 Å². The first-order valence-electron chi connectivity index (χ1n) is 8.77. The van der Waals surface area contributed by atoms with Gasteiger partial charge in [0.05, 0.1) is 5.02 Å². The van der Waals surface area contributed by atoms with Crippen molar-refractivity contribution in [3.8, 4) is 5.75 Å². The molecule has 0 bridgehead atoms. The van der Waals surface area contributed by atoms with Crippen molar-refractivity contribution in [2.24, 2.45) is 0 Å². The van der Waals surface area contributed by atoms with E-state index in [4.69, 9.17) is 16.3 Å². The number of amides is 1. The maximum atomic E-state index is 12.0. The molecule has 0 spiro atoms. The lowest BCUT2D eigenvalue weighted by Crippen LogP contribution is -2.20. The second-order valence-corrected chi connectivity index (χ2v) is 7.59. The first-order chi connectivity index (χ1) is 13.5. The Kier molecular flexibility index (Phi) is 6.95. The number of carbonyl (C=O) groups is 1. The zero-order valence-electron chi connectivity index (χ0n) is 15.3. The van der Waals surface area contributed by atoms with Gasteiger partial charge in [-0.05, 0) is 76.4 Å². The van der Waals surface area contributed by atoms with E-state index in [0.29, 0.717) is 17.3 Å². The van der Waals surface area contributed by atoms with Gasteiger partial charge < -0.3 is 15.4 Å². The van der Waals surface area contributed by atoms with Crippen LogP contribution in [-0.4, -0.2) is 12.5 Å². The van der Waals surface area contributed by atoms with Crippen LogP contribution >= 0.6 is 27.5 Å². The number of hydrogen-bond acceptors (Lipinski definition) is 3. The standard InChI is InChI=1S/C22H20BrClN2O2/c1-15-3-2-4-18(11-15)26-22(27)14-28-19-8-5-16(6-9-19)13-25-17-7-10-20(23)21(24)12-17/h2-12,25H,13-14H2,1H3,(H,26,27). The fraction of sp³-hybridized carbons (Fsp3) is 0.136. The van der Waals surface area contributed by atoms with Gasteiger partial charge in [-0.3, -0.25) is 4.79 Å². The van der Waals surface area contributed by atoms with Crippen LogP contribution < -0.4 is 15.4 Å². The van der Waals surface area contributed by atoms with Gasteiger partial charge >= 0.3 is 0 Å². The van der Waals surface area contributed by atoms with Gasteiger partial charge in [0.2, 0.25) is 0 Å². The predicted octanol–water partition coefficient (Wildman–Crippen LogP) is 6.04. The first kappa shape index (κ1) is 20.2. The molecule has 0 radical (unpaired) electrons. The van der Waals surface area contributed by atoms with Crippen molar-refractivity contribution in [1.82, 2.24) is 0 Å². The van der Waals surface area contributed by atoms with E-state index in [2.05, 4.69) is 26.6 Å². The zero-order valence-corrected chi connectivity index (χ0v) is 17.7. The topological polar surface area (TPSA) is 50.4 Å². The van der Waals surface area contributed by atoms with Crippen LogP contribution in [0.3, 0.4) is 0 Å². The first-order valence-corrected chi connectivity index (χ1v) is 9.94. The minimum absolute atomic E-state index is 0.0388. The Morgan fingerprint density at radius 1 is 1.04 bits per heavy atom. The number of halogens is 2. The summed E-state index contributed by atoms with van der Waals surface area (Å²) in [4.78, 5) is 12.0. The van der Waals surface area contributed by atoms with E-state index in [-0.39, 0.29) is 12.5 Å². The molecule has 0 fully saturated rings. The van der Waals surface area contributed by atoms with E-state index in [0.717, 1.165) is 27.0 Å². The normalized spacial score (nSPS) is 10.4. The lowest BCUT2D eigenvalue weighted by atomic mass is 10.2. The molecule has 0 atom stereocenters. The Morgan fingerprint density at radius 2 is 1.82 bits per heavy atom. The number of nitrogens with one attached hydrogen (secondary N) is 2. The molecule has 2 N–H and O–H groups in total. The van der Waals surface area contributed by atoms with Crippen LogP contribution in [0.5, 0.6) is 5.75 Å². The summed E-state index contributed by atoms with van der Waals surface area (Å²) in [5, 5.41) is 6.81. The molecule has 0 heterocycles. The van der Waals surface area contributed by atoms with Gasteiger partial charge in [0.1, 0.15) is 5.75 Å². The summed E-state index contributed by atoms with van der Waals surface area (Å²) in [6, 6.07) is 21.0. The van der Waals surface area contributed by atoms with Gasteiger partial charge in [-0.25, -0.2) is 0 Å². The summed E-state index contributed by atoms with van der Waals surface area (Å²) in [6.45, 7) is 2.60. The lowest BCUT2D eigenvalue weighted by molar-refractivity contribution is -0.118. The highest BCUT2D eigenvalue weighted by molar-refractivity contribution is 9.10. The number of aryl methyl sites for hydroxylation is 1. The molecule has 0 aromatic heterocycles. The van der Waals surface area contributed by atoms with E-state index in [9.17, 15) is 4.79 Å². The molecule has 6 heteroatoms. The lowest BCUT2D eigenvalue weighted by Gasteiger charge is -2.10. The summed E-state index contributed by atoms with van der Waals surface area (Å²) >= 11 is 9.48. The Labute approximate surface area is 178 Å². The van der Waals surface area contributed by atoms with Crippen LogP contribution in [0.2, 0.25) is 5.02 Å². The van der Waals surface area contributed by atoms with Crippen molar-refractivity contribution in [1.29, 1.82) is 0 Å². The van der Waals surface area contributed by atoms with Gasteiger partial charge in [-0.15, -0.1) is 0 Å². The zero-order chi connectivity index (χ0) is 19.9. The fourth-order valence-electron chi connectivity index (χ4n) is 2.58. The molecule has 3 aromatic carbocycles. The van der Waals surface area contributed by atoms with E-state index in [1.165, 1.54) is 0 Å². The minimum Gasteiger partial charge on any atom is -0.484 e. The quantitative estimate of drug-likeness (QED) is 0.453. The van der Waals surface area contributed by atoms with Gasteiger partial charge in [0.25, 0.3) is 5.91 Å². The number of ether oxygens (including phenoxy) is 1. The van der Waals surface area contributed by atoms with Gasteiger partial charge in [-0.1, -0.05) is 35.9 Å². The Bertz CT molecular complexity index is 961. The molecule has 0 unspecified atom stereocenters. The Morgan fingerprint density at radius 3 is 2.54 bits per heavy atom. The molecular weight excluding hydrogens is 440 g/mol. The summed E-state index contributed by atoms with van der Waals surface area (Å²) in [5.41, 5.74) is 3.90. The van der Waals surface area contributed by atoms with Gasteiger partial charge in [0.15, 0.2) is 6.61 Å². The average molecular weight is 460 g/mol. The highest BCUT2D eigenvalue weighted by atomic mass is 79.9. The number of anilines is 2. The monoisotopic (exact) mass is 458 g/mol. The van der Waals surface area contributed by atoms with Crippen molar-refractivity contribution in [3.63, 3.8) is 0 Å². The predicted molar refractivity (Wildman–Crippen MR) is 118 cm³/mol. The SMILES string of the molecule is Cc1cccc(NC(=O)COc2ccc(CNc3ccc(Br)c(Cl)c3)cc2)c1. The van der Waals surface area contributed by atoms with Gasteiger partial charge in [-0.2, -0.15) is 0 Å². The number of benzene rings is 3. The highest BCUT2D eigenvalue weighted by Gasteiger charge is 2.05. The Balaban J connectivity index is 1.47. The molecule has 0 aliphatic heterocycles. The molecule has 0 aliphatic rings. The van der Waals surface area contributed by atoms with Crippen LogP contribution in [0, 0.1) is 6.92 Å². The average Bonchev–Trinajstić information content (AvgIpc) is 2.68. The second-order valence-electron chi connectivity index (χ2n) is 6.33. The summed E-state index contributed by atoms with van der Waals surface area (Å²) < 4.78 is 6.43. The number of hydrogen-bond donors (Lipinski definition) is 2. The highest BCUT2D eigenvalue weighted by Crippen LogP contribution is 2.26. The van der Waals surface area contributed by atoms with Gasteiger partial charge in [0, 0.05) is 22.4 Å². The molecule has 4 nitrogen and oxygen atoms in total. The third-order valence-electron chi connectivity index (χ3n) is 4.01. The van der Waals surface area contributed by atoms with E-state index in [1.54, 1.807) is 0 Å². The van der Waals surface area contributed by atoms with Crippen molar-refractivity contribution in [3.05, 3.63) is 87.4 Å². The molecule has 0 aliphatic carbocycles. The van der Waals surface area contributed by atoms with Crippen LogP contribution in [0.1, 0.15) is 11.1 Å². The number of carbonyl (C=O) groups excluding carboxylic acids is 1. The maximum absolute atomic E-state index is 12.0. The molecule has 3 aromatic rings. The summed E-state index contributed by atoms with van der Waals surface area (Å²) in [5.74, 6) is 0.457. The third-order valence-corrected chi connectivity index (χ3v) is 5.24. The third kappa shape index (κ3) is 6.01. The molecule has 0 saturated heterocycles. The minimum atomic E-state index is -0.191. The van der Waals surface area contributed by atoms with E-state index >= 15 is 0 Å². The molecule has 1 amide bonds. The van der Waals surface area contributed by atoms with E-state index in [1.807, 2.05) is 73.7 Å². The smallest absolute Gasteiger partial charge is 0.262 e. The summed E-state index contributed by atoms with van der Waals surface area (Å²) in [6.07, 6.45) is 0. The Hall–Kier alpha value is -2.50. The van der Waals surface area contributed by atoms with Crippen molar-refractivity contribution < 1.29 is 9.53 Å². The number of rotatable bonds is 7. The molecular formula is C22H20BrClN2O2. The van der Waals surface area contributed by atoms with Crippen LogP contribution in [-0.2, 0) is 11.3 Å². The van der Waals surface area contributed by atoms with E-state index < -0.39 is 0 Å². The second kappa shape index (κ2) is 9.62. The molecule has 0 saturated carbocycles. The molecule has 3 rings (SSSR count). The van der Waals surface area contributed by atoms with Crippen LogP contribution in [0.25, 0.3) is 0 Å². The van der Waals surface area contributed by atoms with Crippen LogP contribution in [0.15, 0.2) is 71.2 Å². The van der Waals surface area contributed by atoms with Crippen molar-refractivity contribution in [2.75, 3.05) is 17.2 Å². The largest absolute Gasteiger partial charge is 0.484 e.